The van der Waals surface area contributed by atoms with Gasteiger partial charge in [0.25, 0.3) is 5.91 Å². The Labute approximate surface area is 160 Å². The van der Waals surface area contributed by atoms with Crippen molar-refractivity contribution in [2.45, 2.75) is 25.3 Å². The van der Waals surface area contributed by atoms with E-state index in [9.17, 15) is 9.90 Å². The molecule has 1 saturated heterocycles. The van der Waals surface area contributed by atoms with Gasteiger partial charge in [0, 0.05) is 19.1 Å². The molecular weight excluding hydrogens is 348 g/mol. The van der Waals surface area contributed by atoms with Gasteiger partial charge in [0.15, 0.2) is 0 Å². The van der Waals surface area contributed by atoms with E-state index < -0.39 is 0 Å². The Morgan fingerprint density at radius 1 is 1.08 bits per heavy atom. The Balaban J connectivity index is 0.00000196. The second-order valence-corrected chi connectivity index (χ2v) is 7.39. The van der Waals surface area contributed by atoms with Gasteiger partial charge in [0.1, 0.15) is 5.75 Å². The molecule has 3 unspecified atom stereocenters. The van der Waals surface area contributed by atoms with Crippen molar-refractivity contribution in [1.29, 1.82) is 0 Å². The van der Waals surface area contributed by atoms with Crippen LogP contribution in [0.1, 0.15) is 34.3 Å². The molecule has 0 aromatic heterocycles. The molecule has 0 bridgehead atoms. The second kappa shape index (κ2) is 7.68. The fourth-order valence-electron chi connectivity index (χ4n) is 4.34. The Hall–Kier alpha value is -2.04. The first-order valence-corrected chi connectivity index (χ1v) is 9.02. The molecule has 5 heteroatoms. The van der Waals surface area contributed by atoms with Crippen molar-refractivity contribution in [2.75, 3.05) is 13.1 Å². The van der Waals surface area contributed by atoms with Gasteiger partial charge in [-0.15, -0.1) is 12.4 Å². The van der Waals surface area contributed by atoms with Crippen LogP contribution in [0.5, 0.6) is 5.75 Å². The summed E-state index contributed by atoms with van der Waals surface area (Å²) < 4.78 is 0. The Kier molecular flexibility index (Phi) is 5.54. The average Bonchev–Trinajstić information content (AvgIpc) is 3.19. The summed E-state index contributed by atoms with van der Waals surface area (Å²) in [6.07, 6.45) is 2.92. The van der Waals surface area contributed by atoms with E-state index in [-0.39, 0.29) is 30.1 Å². The predicted octanol–water partition coefficient (Wildman–Crippen LogP) is 3.21. The van der Waals surface area contributed by atoms with Crippen LogP contribution in [0.3, 0.4) is 0 Å². The van der Waals surface area contributed by atoms with E-state index in [4.69, 9.17) is 5.73 Å². The molecule has 1 heterocycles. The maximum Gasteiger partial charge on any atom is 0.257 e. The van der Waals surface area contributed by atoms with Crippen LogP contribution in [0.25, 0.3) is 0 Å². The highest BCUT2D eigenvalue weighted by Gasteiger charge is 2.42. The van der Waals surface area contributed by atoms with E-state index in [1.54, 1.807) is 6.07 Å². The van der Waals surface area contributed by atoms with Crippen molar-refractivity contribution in [1.82, 2.24) is 4.90 Å². The largest absolute Gasteiger partial charge is 0.507 e. The number of aromatic hydroxyl groups is 1. The monoisotopic (exact) mass is 372 g/mol. The minimum Gasteiger partial charge on any atom is -0.507 e. The lowest BCUT2D eigenvalue weighted by Crippen LogP contribution is -2.33. The number of rotatable bonds is 3. The molecule has 0 radical (unpaired) electrons. The number of fused-ring (bicyclic) bond motifs is 1. The van der Waals surface area contributed by atoms with Crippen LogP contribution < -0.4 is 5.73 Å². The summed E-state index contributed by atoms with van der Waals surface area (Å²) in [5.41, 5.74) is 8.80. The lowest BCUT2D eigenvalue weighted by molar-refractivity contribution is 0.0776. The van der Waals surface area contributed by atoms with Gasteiger partial charge in [-0.2, -0.15) is 0 Å². The quantitative estimate of drug-likeness (QED) is 0.869. The van der Waals surface area contributed by atoms with Crippen LogP contribution in [0.4, 0.5) is 0 Å². The van der Waals surface area contributed by atoms with Gasteiger partial charge in [-0.05, 0) is 54.4 Å². The summed E-state index contributed by atoms with van der Waals surface area (Å²) >= 11 is 0. The Bertz CT molecular complexity index is 781. The number of benzene rings is 2. The first-order chi connectivity index (χ1) is 12.1. The normalized spacial score (nSPS) is 24.2. The summed E-state index contributed by atoms with van der Waals surface area (Å²) in [5, 5.41) is 10.2. The van der Waals surface area contributed by atoms with Crippen molar-refractivity contribution >= 4 is 18.3 Å². The minimum absolute atomic E-state index is 0. The maximum atomic E-state index is 12.9. The SMILES string of the molecule is Cl.NC1CCC2CN(C(=O)c3cc(Cc4ccccc4)ccc3O)CC12. The number of hydrogen-bond acceptors (Lipinski definition) is 3. The third-order valence-corrected chi connectivity index (χ3v) is 5.74. The third-order valence-electron chi connectivity index (χ3n) is 5.74. The number of nitrogens with zero attached hydrogens (tertiary/aromatic N) is 1. The zero-order chi connectivity index (χ0) is 17.4. The lowest BCUT2D eigenvalue weighted by Gasteiger charge is -2.19. The highest BCUT2D eigenvalue weighted by atomic mass is 35.5. The molecule has 3 atom stereocenters. The van der Waals surface area contributed by atoms with Crippen LogP contribution in [0.2, 0.25) is 0 Å². The summed E-state index contributed by atoms with van der Waals surface area (Å²) in [6, 6.07) is 15.7. The molecule has 138 valence electrons. The second-order valence-electron chi connectivity index (χ2n) is 7.39. The number of hydrogen-bond donors (Lipinski definition) is 2. The summed E-state index contributed by atoms with van der Waals surface area (Å²) in [7, 11) is 0. The van der Waals surface area contributed by atoms with Crippen LogP contribution in [-0.2, 0) is 6.42 Å². The van der Waals surface area contributed by atoms with Gasteiger partial charge in [0.2, 0.25) is 0 Å². The standard InChI is InChI=1S/C21H24N2O2.ClH/c22-19-8-7-16-12-23(13-18(16)19)21(25)17-11-15(6-9-20(17)24)10-14-4-2-1-3-5-14;/h1-6,9,11,16,18-19,24H,7-8,10,12-13,22H2;1H. The zero-order valence-electron chi connectivity index (χ0n) is 14.7. The van der Waals surface area contributed by atoms with Crippen molar-refractivity contribution in [2.24, 2.45) is 17.6 Å². The molecule has 4 rings (SSSR count). The molecule has 2 aromatic rings. The number of carbonyl (C=O) groups excluding carboxylic acids is 1. The highest BCUT2D eigenvalue weighted by Crippen LogP contribution is 2.38. The van der Waals surface area contributed by atoms with Crippen molar-refractivity contribution in [3.05, 3.63) is 65.2 Å². The fourth-order valence-corrected chi connectivity index (χ4v) is 4.34. The fraction of sp³-hybridized carbons (Fsp3) is 0.381. The van der Waals surface area contributed by atoms with E-state index in [2.05, 4.69) is 12.1 Å². The molecule has 4 nitrogen and oxygen atoms in total. The van der Waals surface area contributed by atoms with Crippen molar-refractivity contribution < 1.29 is 9.90 Å². The third kappa shape index (κ3) is 3.57. The molecule has 3 N–H and O–H groups in total. The van der Waals surface area contributed by atoms with Gasteiger partial charge in [-0.3, -0.25) is 4.79 Å². The topological polar surface area (TPSA) is 66.6 Å². The van der Waals surface area contributed by atoms with E-state index in [1.165, 1.54) is 5.56 Å². The Morgan fingerprint density at radius 2 is 1.85 bits per heavy atom. The molecule has 2 fully saturated rings. The zero-order valence-corrected chi connectivity index (χ0v) is 15.5. The number of halogens is 1. The van der Waals surface area contributed by atoms with E-state index in [0.29, 0.717) is 23.9 Å². The molecule has 1 aliphatic carbocycles. The van der Waals surface area contributed by atoms with Crippen molar-refractivity contribution in [3.63, 3.8) is 0 Å². The number of phenols is 1. The number of amides is 1. The van der Waals surface area contributed by atoms with Crippen LogP contribution in [0.15, 0.2) is 48.5 Å². The van der Waals surface area contributed by atoms with Gasteiger partial charge in [-0.25, -0.2) is 0 Å². The summed E-state index contributed by atoms with van der Waals surface area (Å²) in [5.74, 6) is 0.921. The van der Waals surface area contributed by atoms with Crippen LogP contribution in [-0.4, -0.2) is 35.0 Å². The summed E-state index contributed by atoms with van der Waals surface area (Å²) in [4.78, 5) is 14.8. The molecule has 2 aromatic carbocycles. The number of likely N-dealkylation sites (tertiary alicyclic amines) is 1. The van der Waals surface area contributed by atoms with Gasteiger partial charge >= 0.3 is 0 Å². The highest BCUT2D eigenvalue weighted by molar-refractivity contribution is 5.97. The van der Waals surface area contributed by atoms with Gasteiger partial charge in [-0.1, -0.05) is 36.4 Å². The number of carbonyl (C=O) groups is 1. The molecule has 1 saturated carbocycles. The van der Waals surface area contributed by atoms with Gasteiger partial charge < -0.3 is 15.7 Å². The van der Waals surface area contributed by atoms with E-state index in [0.717, 1.165) is 31.4 Å². The molecule has 1 amide bonds. The summed E-state index contributed by atoms with van der Waals surface area (Å²) in [6.45, 7) is 1.48. The predicted molar refractivity (Wildman–Crippen MR) is 105 cm³/mol. The molecule has 2 aliphatic rings. The van der Waals surface area contributed by atoms with Crippen LogP contribution >= 0.6 is 12.4 Å². The maximum absolute atomic E-state index is 12.9. The average molecular weight is 373 g/mol. The van der Waals surface area contributed by atoms with Crippen molar-refractivity contribution in [3.8, 4) is 5.75 Å². The van der Waals surface area contributed by atoms with Gasteiger partial charge in [0.05, 0.1) is 5.56 Å². The first-order valence-electron chi connectivity index (χ1n) is 9.02. The number of nitrogens with two attached hydrogens (primary N) is 1. The van der Waals surface area contributed by atoms with E-state index >= 15 is 0 Å². The molecule has 1 aliphatic heterocycles. The Morgan fingerprint density at radius 3 is 2.58 bits per heavy atom. The molecule has 0 spiro atoms. The molecular formula is C21H25ClN2O2. The molecule has 26 heavy (non-hydrogen) atoms. The first kappa shape index (κ1) is 18.7. The lowest BCUT2D eigenvalue weighted by atomic mass is 9.98. The van der Waals surface area contributed by atoms with E-state index in [1.807, 2.05) is 35.2 Å². The van der Waals surface area contributed by atoms with Crippen LogP contribution in [0, 0.1) is 11.8 Å². The smallest absolute Gasteiger partial charge is 0.257 e. The number of phenolic OH excluding ortho intramolecular Hbond substituents is 1. The minimum atomic E-state index is -0.0750.